The van der Waals surface area contributed by atoms with E-state index in [9.17, 15) is 14.4 Å². The molecule has 3 aliphatic rings. The van der Waals surface area contributed by atoms with Gasteiger partial charge >= 0.3 is 5.97 Å². The molecule has 2 N–H and O–H groups in total. The zero-order chi connectivity index (χ0) is 26.3. The molecule has 1 aromatic carbocycles. The van der Waals surface area contributed by atoms with Crippen LogP contribution in [0, 0.1) is 31.6 Å². The van der Waals surface area contributed by atoms with E-state index in [0.717, 1.165) is 29.7 Å². The van der Waals surface area contributed by atoms with Gasteiger partial charge in [0.1, 0.15) is 17.6 Å². The number of carbonyl (C=O) groups excluding carboxylic acids is 3. The highest BCUT2D eigenvalue weighted by Crippen LogP contribution is 2.65. The van der Waals surface area contributed by atoms with Crippen molar-refractivity contribution in [2.24, 2.45) is 17.8 Å². The van der Waals surface area contributed by atoms with Crippen molar-refractivity contribution in [1.29, 1.82) is 0 Å². The molecule has 8 heteroatoms. The summed E-state index contributed by atoms with van der Waals surface area (Å²) in [6, 6.07) is 5.00. The second-order valence-electron chi connectivity index (χ2n) is 10.9. The van der Waals surface area contributed by atoms with Crippen LogP contribution in [-0.2, 0) is 23.9 Å². The van der Waals surface area contributed by atoms with Gasteiger partial charge in [0, 0.05) is 18.8 Å². The van der Waals surface area contributed by atoms with Crippen LogP contribution in [0.3, 0.4) is 0 Å². The lowest BCUT2D eigenvalue weighted by Gasteiger charge is -2.35. The number of aliphatic hydroxyl groups is 1. The number of esters is 1. The third-order valence-electron chi connectivity index (χ3n) is 8.64. The van der Waals surface area contributed by atoms with Crippen LogP contribution < -0.4 is 5.32 Å². The minimum Gasteiger partial charge on any atom is -0.466 e. The van der Waals surface area contributed by atoms with Gasteiger partial charge in [-0.05, 0) is 64.0 Å². The van der Waals surface area contributed by atoms with E-state index >= 15 is 0 Å². The third-order valence-corrected chi connectivity index (χ3v) is 8.64. The predicted octanol–water partition coefficient (Wildman–Crippen LogP) is 3.37. The van der Waals surface area contributed by atoms with Crippen LogP contribution in [0.4, 0.5) is 5.69 Å². The number of unbranched alkanes of at least 4 members (excludes halogenated alkanes) is 3. The number of fused-ring (bicyclic) bond motifs is 1. The Morgan fingerprint density at radius 1 is 1.19 bits per heavy atom. The van der Waals surface area contributed by atoms with Crippen LogP contribution >= 0.6 is 0 Å². The molecule has 1 aromatic rings. The fourth-order valence-electron chi connectivity index (χ4n) is 6.82. The summed E-state index contributed by atoms with van der Waals surface area (Å²) in [4.78, 5) is 42.8. The van der Waals surface area contributed by atoms with E-state index in [1.54, 1.807) is 11.8 Å². The smallest absolute Gasteiger partial charge is 0.312 e. The highest BCUT2D eigenvalue weighted by Gasteiger charge is 2.80. The van der Waals surface area contributed by atoms with Gasteiger partial charge in [0.05, 0.1) is 18.1 Å². The summed E-state index contributed by atoms with van der Waals surface area (Å²) in [5.41, 5.74) is 0.689. The monoisotopic (exact) mass is 500 g/mol. The van der Waals surface area contributed by atoms with Gasteiger partial charge in [-0.1, -0.05) is 38.0 Å². The average molecular weight is 501 g/mol. The Bertz CT molecular complexity index is 1010. The molecule has 0 aliphatic carbocycles. The van der Waals surface area contributed by atoms with E-state index in [1.807, 2.05) is 45.9 Å². The van der Waals surface area contributed by atoms with Crippen molar-refractivity contribution in [3.8, 4) is 0 Å². The summed E-state index contributed by atoms with van der Waals surface area (Å²) in [5, 5.41) is 12.2. The van der Waals surface area contributed by atoms with Gasteiger partial charge in [0.2, 0.25) is 11.8 Å². The lowest BCUT2D eigenvalue weighted by atomic mass is 9.62. The SMILES string of the molecule is CCOC(=O)[C@@H]1[C@H]2C(=O)N(CCCCCCO)C(C(=O)Nc3c(C)cccc3C)C23CC(C)[C@@]1(C)O3. The summed E-state index contributed by atoms with van der Waals surface area (Å²) >= 11 is 0. The molecule has 3 heterocycles. The molecule has 0 aromatic heterocycles. The number of rotatable bonds is 10. The molecule has 1 spiro atoms. The molecule has 2 bridgehead atoms. The van der Waals surface area contributed by atoms with Crippen molar-refractivity contribution in [2.75, 3.05) is 25.1 Å². The number of nitrogens with one attached hydrogen (secondary N) is 1. The maximum absolute atomic E-state index is 14.0. The van der Waals surface area contributed by atoms with E-state index in [0.29, 0.717) is 25.8 Å². The molecule has 0 saturated carbocycles. The topological polar surface area (TPSA) is 105 Å². The number of hydrogen-bond donors (Lipinski definition) is 2. The van der Waals surface area contributed by atoms with Gasteiger partial charge < -0.3 is 24.8 Å². The zero-order valence-electron chi connectivity index (χ0n) is 22.1. The van der Waals surface area contributed by atoms with E-state index in [-0.39, 0.29) is 30.9 Å². The standard InChI is InChI=1S/C28H40N2O6/c1-6-35-26(34)21-20-25(33)30(14-9-7-8-10-15-31)23(28(20)16-19(4)27(21,5)36-28)24(32)29-22-17(2)12-11-13-18(22)3/h11-13,19-21,23,31H,6-10,14-16H2,1-5H3,(H,29,32)/t19?,20-,21-,23?,27+,28?/m0/s1. The quantitative estimate of drug-likeness (QED) is 0.377. The van der Waals surface area contributed by atoms with Crippen LogP contribution in [0.1, 0.15) is 64.0 Å². The normalized spacial score (nSPS) is 32.6. The summed E-state index contributed by atoms with van der Waals surface area (Å²) in [5.74, 6) is -2.42. The van der Waals surface area contributed by atoms with Crippen molar-refractivity contribution in [2.45, 2.75) is 84.0 Å². The molecule has 0 radical (unpaired) electrons. The minimum atomic E-state index is -1.07. The number of hydrogen-bond acceptors (Lipinski definition) is 6. The molecule has 6 atom stereocenters. The number of aliphatic hydroxyl groups excluding tert-OH is 1. The number of para-hydroxylation sites is 1. The van der Waals surface area contributed by atoms with Crippen LogP contribution in [0.2, 0.25) is 0 Å². The highest BCUT2D eigenvalue weighted by atomic mass is 16.6. The molecular weight excluding hydrogens is 460 g/mol. The number of benzene rings is 1. The Morgan fingerprint density at radius 2 is 1.86 bits per heavy atom. The van der Waals surface area contributed by atoms with Crippen molar-refractivity contribution in [1.82, 2.24) is 4.90 Å². The van der Waals surface area contributed by atoms with Crippen LogP contribution in [0.5, 0.6) is 0 Å². The van der Waals surface area contributed by atoms with E-state index in [4.69, 9.17) is 14.6 Å². The highest BCUT2D eigenvalue weighted by molar-refractivity contribution is 6.04. The number of anilines is 1. The van der Waals surface area contributed by atoms with E-state index < -0.39 is 35.0 Å². The summed E-state index contributed by atoms with van der Waals surface area (Å²) in [6.07, 6.45) is 3.63. The molecule has 3 unspecified atom stereocenters. The van der Waals surface area contributed by atoms with Crippen LogP contribution in [-0.4, -0.2) is 64.8 Å². The summed E-state index contributed by atoms with van der Waals surface area (Å²) < 4.78 is 12.1. The Hall–Kier alpha value is -2.45. The number of amides is 2. The molecule has 8 nitrogen and oxygen atoms in total. The summed E-state index contributed by atoms with van der Waals surface area (Å²) in [6.45, 7) is 10.3. The Morgan fingerprint density at radius 3 is 2.50 bits per heavy atom. The zero-order valence-corrected chi connectivity index (χ0v) is 22.1. The molecule has 4 rings (SSSR count). The largest absolute Gasteiger partial charge is 0.466 e. The molecule has 198 valence electrons. The number of nitrogens with zero attached hydrogens (tertiary/aromatic N) is 1. The first kappa shape index (κ1) is 26.6. The van der Waals surface area contributed by atoms with Gasteiger partial charge in [0.25, 0.3) is 0 Å². The molecule has 3 fully saturated rings. The number of carbonyl (C=O) groups is 3. The molecule has 3 aliphatic heterocycles. The van der Waals surface area contributed by atoms with Gasteiger partial charge in [-0.25, -0.2) is 0 Å². The summed E-state index contributed by atoms with van der Waals surface area (Å²) in [7, 11) is 0. The van der Waals surface area contributed by atoms with Gasteiger partial charge in [0.15, 0.2) is 0 Å². The second-order valence-corrected chi connectivity index (χ2v) is 10.9. The lowest BCUT2D eigenvalue weighted by molar-refractivity contribution is -0.160. The first-order valence-corrected chi connectivity index (χ1v) is 13.3. The maximum Gasteiger partial charge on any atom is 0.312 e. The Labute approximate surface area is 213 Å². The fraction of sp³-hybridized carbons (Fsp3) is 0.679. The van der Waals surface area contributed by atoms with Crippen molar-refractivity contribution < 1.29 is 29.0 Å². The molecule has 36 heavy (non-hydrogen) atoms. The first-order valence-electron chi connectivity index (χ1n) is 13.3. The molecule has 3 saturated heterocycles. The molecular formula is C28H40N2O6. The average Bonchev–Trinajstić information content (AvgIpc) is 3.33. The van der Waals surface area contributed by atoms with Gasteiger partial charge in [-0.3, -0.25) is 14.4 Å². The second kappa shape index (κ2) is 10.1. The Kier molecular flexibility index (Phi) is 7.49. The van der Waals surface area contributed by atoms with Gasteiger partial charge in [-0.15, -0.1) is 0 Å². The Balaban J connectivity index is 1.71. The number of likely N-dealkylation sites (tertiary alicyclic amines) is 1. The van der Waals surface area contributed by atoms with Crippen molar-refractivity contribution in [3.05, 3.63) is 29.3 Å². The van der Waals surface area contributed by atoms with Crippen LogP contribution in [0.25, 0.3) is 0 Å². The van der Waals surface area contributed by atoms with Gasteiger partial charge in [-0.2, -0.15) is 0 Å². The van der Waals surface area contributed by atoms with E-state index in [2.05, 4.69) is 5.32 Å². The predicted molar refractivity (Wildman–Crippen MR) is 135 cm³/mol. The van der Waals surface area contributed by atoms with Crippen molar-refractivity contribution in [3.63, 3.8) is 0 Å². The maximum atomic E-state index is 14.0. The lowest BCUT2D eigenvalue weighted by Crippen LogP contribution is -2.54. The third kappa shape index (κ3) is 4.12. The fourth-order valence-corrected chi connectivity index (χ4v) is 6.82. The van der Waals surface area contributed by atoms with Crippen molar-refractivity contribution >= 4 is 23.5 Å². The molecule has 2 amide bonds. The first-order chi connectivity index (χ1) is 17.1. The number of aryl methyl sites for hydroxylation is 2. The van der Waals surface area contributed by atoms with Crippen LogP contribution in [0.15, 0.2) is 18.2 Å². The minimum absolute atomic E-state index is 0.0176. The van der Waals surface area contributed by atoms with E-state index in [1.165, 1.54) is 0 Å². The number of ether oxygens (including phenoxy) is 2.